The average Bonchev–Trinajstić information content (AvgIpc) is 2.98. The number of aromatic nitrogens is 1. The van der Waals surface area contributed by atoms with E-state index in [4.69, 9.17) is 16.3 Å². The summed E-state index contributed by atoms with van der Waals surface area (Å²) < 4.78 is 5.16. The van der Waals surface area contributed by atoms with E-state index >= 15 is 0 Å². The minimum atomic E-state index is -0.442. The van der Waals surface area contributed by atoms with Gasteiger partial charge in [0.15, 0.2) is 0 Å². The molecule has 0 aliphatic rings. The van der Waals surface area contributed by atoms with Crippen molar-refractivity contribution in [2.75, 3.05) is 0 Å². The zero-order chi connectivity index (χ0) is 17.6. The molecule has 2 aromatic carbocycles. The van der Waals surface area contributed by atoms with Crippen LogP contribution < -0.4 is 5.43 Å². The van der Waals surface area contributed by atoms with Crippen LogP contribution in [-0.2, 0) is 9.53 Å². The Morgan fingerprint density at radius 2 is 1.96 bits per heavy atom. The molecule has 0 radical (unpaired) electrons. The lowest BCUT2D eigenvalue weighted by Crippen LogP contribution is -2.12. The zero-order valence-electron chi connectivity index (χ0n) is 13.5. The highest BCUT2D eigenvalue weighted by atomic mass is 35.5. The number of carbonyl (C=O) groups is 1. The first kappa shape index (κ1) is 16.8. The first-order valence-corrected chi connectivity index (χ1v) is 8.01. The first-order valence-electron chi connectivity index (χ1n) is 7.63. The van der Waals surface area contributed by atoms with Gasteiger partial charge in [0.05, 0.1) is 6.21 Å². The second kappa shape index (κ2) is 7.68. The maximum Gasteiger partial charge on any atom is 0.309 e. The summed E-state index contributed by atoms with van der Waals surface area (Å²) in [5, 5.41) is 5.74. The third kappa shape index (κ3) is 4.49. The van der Waals surface area contributed by atoms with Gasteiger partial charge in [0.1, 0.15) is 0 Å². The van der Waals surface area contributed by atoms with Crippen molar-refractivity contribution in [1.82, 2.24) is 10.4 Å². The zero-order valence-corrected chi connectivity index (χ0v) is 14.2. The van der Waals surface area contributed by atoms with Gasteiger partial charge < -0.3 is 9.72 Å². The Morgan fingerprint density at radius 1 is 1.20 bits per heavy atom. The second-order valence-electron chi connectivity index (χ2n) is 5.31. The molecule has 0 saturated heterocycles. The number of benzene rings is 2. The van der Waals surface area contributed by atoms with Crippen LogP contribution in [0.2, 0.25) is 5.02 Å². The third-order valence-corrected chi connectivity index (χ3v) is 3.72. The van der Waals surface area contributed by atoms with Crippen molar-refractivity contribution in [3.63, 3.8) is 0 Å². The summed E-state index contributed by atoms with van der Waals surface area (Å²) in [6.07, 6.45) is 3.23. The van der Waals surface area contributed by atoms with Crippen LogP contribution >= 0.6 is 11.6 Å². The number of hydrogen-bond acceptors (Lipinski definition) is 4. The monoisotopic (exact) mass is 353 g/mol. The van der Waals surface area contributed by atoms with Crippen molar-refractivity contribution in [3.05, 3.63) is 76.8 Å². The molecule has 2 N–H and O–H groups in total. The van der Waals surface area contributed by atoms with Crippen molar-refractivity contribution in [2.24, 2.45) is 5.10 Å². The molecule has 3 aromatic rings. The molecule has 0 bridgehead atoms. The van der Waals surface area contributed by atoms with Crippen LogP contribution in [0.5, 0.6) is 0 Å². The van der Waals surface area contributed by atoms with Crippen molar-refractivity contribution < 1.29 is 9.53 Å². The van der Waals surface area contributed by atoms with Crippen LogP contribution in [0.3, 0.4) is 0 Å². The largest absolute Gasteiger partial charge is 0.408 e. The topological polar surface area (TPSA) is 66.5 Å². The van der Waals surface area contributed by atoms with Crippen LogP contribution in [-0.4, -0.2) is 17.2 Å². The predicted molar refractivity (Wildman–Crippen MR) is 100 cm³/mol. The molecule has 0 aliphatic heterocycles. The Labute approximate surface area is 150 Å². The van der Waals surface area contributed by atoms with Gasteiger partial charge in [-0.25, -0.2) is 5.43 Å². The van der Waals surface area contributed by atoms with Gasteiger partial charge in [-0.05, 0) is 23.6 Å². The fraction of sp³-hybridized carbons (Fsp3) is 0.0526. The lowest BCUT2D eigenvalue weighted by molar-refractivity contribution is -0.137. The Kier molecular flexibility index (Phi) is 5.16. The normalized spacial score (nSPS) is 11.8. The van der Waals surface area contributed by atoms with Crippen molar-refractivity contribution in [3.8, 4) is 0 Å². The number of halogens is 1. The number of esters is 1. The van der Waals surface area contributed by atoms with Crippen LogP contribution in [0.25, 0.3) is 17.0 Å². The van der Waals surface area contributed by atoms with Gasteiger partial charge in [-0.1, -0.05) is 48.0 Å². The number of fused-ring (bicyclic) bond motifs is 1. The van der Waals surface area contributed by atoms with Gasteiger partial charge >= 0.3 is 5.97 Å². The number of nitrogens with zero attached hydrogens (tertiary/aromatic N) is 1. The minimum Gasteiger partial charge on any atom is -0.408 e. The highest BCUT2D eigenvalue weighted by molar-refractivity contribution is 6.33. The van der Waals surface area contributed by atoms with Gasteiger partial charge in [0.25, 0.3) is 0 Å². The number of nitrogens with one attached hydrogen (secondary N) is 2. The maximum absolute atomic E-state index is 11.3. The summed E-state index contributed by atoms with van der Waals surface area (Å²) >= 11 is 6.07. The first-order chi connectivity index (χ1) is 12.1. The highest BCUT2D eigenvalue weighted by Crippen LogP contribution is 2.17. The lowest BCUT2D eigenvalue weighted by atomic mass is 10.2. The Morgan fingerprint density at radius 3 is 2.72 bits per heavy atom. The summed E-state index contributed by atoms with van der Waals surface area (Å²) in [4.78, 5) is 14.6. The summed E-state index contributed by atoms with van der Waals surface area (Å²) in [7, 11) is 0. The number of aromatic amines is 1. The molecule has 0 spiro atoms. The maximum atomic E-state index is 11.3. The molecule has 0 saturated carbocycles. The number of H-pyrrole nitrogens is 1. The molecule has 0 amide bonds. The smallest absolute Gasteiger partial charge is 0.309 e. The summed E-state index contributed by atoms with van der Waals surface area (Å²) in [6.45, 7) is 1.33. The Balaban J connectivity index is 1.81. The molecule has 5 nitrogen and oxygen atoms in total. The Hall–Kier alpha value is -3.05. The van der Waals surface area contributed by atoms with Gasteiger partial charge in [-0.3, -0.25) is 4.79 Å². The fourth-order valence-electron chi connectivity index (χ4n) is 2.30. The van der Waals surface area contributed by atoms with Gasteiger partial charge in [0.2, 0.25) is 5.88 Å². The van der Waals surface area contributed by atoms with Crippen LogP contribution in [0, 0.1) is 0 Å². The van der Waals surface area contributed by atoms with Crippen LogP contribution in [0.4, 0.5) is 0 Å². The molecular formula is C19H16ClN3O2. The number of hydrazone groups is 1. The van der Waals surface area contributed by atoms with E-state index in [2.05, 4.69) is 15.5 Å². The summed E-state index contributed by atoms with van der Waals surface area (Å²) in [5.41, 5.74) is 5.27. The van der Waals surface area contributed by atoms with E-state index in [1.165, 1.54) is 6.92 Å². The molecule has 1 heterocycles. The van der Waals surface area contributed by atoms with E-state index in [1.807, 2.05) is 48.5 Å². The summed E-state index contributed by atoms with van der Waals surface area (Å²) in [6, 6.07) is 17.1. The van der Waals surface area contributed by atoms with Crippen LogP contribution in [0.1, 0.15) is 18.2 Å². The predicted octanol–water partition coefficient (Wildman–Crippen LogP) is 4.31. The second-order valence-corrected chi connectivity index (χ2v) is 5.71. The van der Waals surface area contributed by atoms with E-state index in [9.17, 15) is 4.79 Å². The molecule has 3 rings (SSSR count). The van der Waals surface area contributed by atoms with Crippen molar-refractivity contribution in [2.45, 2.75) is 6.92 Å². The number of carbonyl (C=O) groups excluding carboxylic acids is 1. The number of para-hydroxylation sites is 1. The van der Waals surface area contributed by atoms with Gasteiger partial charge in [-0.15, -0.1) is 0 Å². The lowest BCUT2D eigenvalue weighted by Gasteiger charge is -2.05. The number of ether oxygens (including phenoxy) is 1. The molecule has 6 heteroatoms. The van der Waals surface area contributed by atoms with Crippen LogP contribution in [0.15, 0.2) is 65.6 Å². The molecule has 0 unspecified atom stereocenters. The molecule has 0 fully saturated rings. The van der Waals surface area contributed by atoms with Crippen molar-refractivity contribution >= 4 is 40.8 Å². The van der Waals surface area contributed by atoms with E-state index < -0.39 is 5.97 Å². The van der Waals surface area contributed by atoms with Gasteiger partial charge in [0, 0.05) is 34.8 Å². The standard InChI is InChI=1S/C19H16ClN3O2/c1-13(24)25-19(23-21-12-15-7-2-4-8-17(15)20)11-16-10-14-6-3-5-9-18(14)22-16/h2-12,22-23H,1H3/b19-11-,21-12-. The van der Waals surface area contributed by atoms with E-state index in [0.29, 0.717) is 5.02 Å². The summed E-state index contributed by atoms with van der Waals surface area (Å²) in [5.74, 6) is -0.231. The minimum absolute atomic E-state index is 0.211. The molecule has 0 atom stereocenters. The molecular weight excluding hydrogens is 338 g/mol. The fourth-order valence-corrected chi connectivity index (χ4v) is 2.48. The van der Waals surface area contributed by atoms with Gasteiger partial charge in [-0.2, -0.15) is 5.10 Å². The van der Waals surface area contributed by atoms with Crippen molar-refractivity contribution in [1.29, 1.82) is 0 Å². The quantitative estimate of drug-likeness (QED) is 0.311. The van der Waals surface area contributed by atoms with E-state index in [-0.39, 0.29) is 5.88 Å². The third-order valence-electron chi connectivity index (χ3n) is 3.37. The molecule has 0 aliphatic carbocycles. The van der Waals surface area contributed by atoms with E-state index in [1.54, 1.807) is 18.4 Å². The number of rotatable bonds is 5. The average molecular weight is 354 g/mol. The highest BCUT2D eigenvalue weighted by Gasteiger charge is 2.04. The van der Waals surface area contributed by atoms with E-state index in [0.717, 1.165) is 22.2 Å². The number of hydrogen-bond donors (Lipinski definition) is 2. The molecule has 25 heavy (non-hydrogen) atoms. The molecule has 1 aromatic heterocycles. The SMILES string of the molecule is CC(=O)O/C(=C\c1cc2ccccc2[nH]1)N/N=C\c1ccccc1Cl. The molecule has 126 valence electrons. The Bertz CT molecular complexity index is 927.